The van der Waals surface area contributed by atoms with Crippen molar-refractivity contribution >= 4 is 11.6 Å². The normalized spacial score (nSPS) is 17.9. The summed E-state index contributed by atoms with van der Waals surface area (Å²) in [4.78, 5) is 12.4. The zero-order chi connectivity index (χ0) is 20.5. The van der Waals surface area contributed by atoms with Crippen molar-refractivity contribution < 1.29 is 14.6 Å². The number of aliphatic hydroxyl groups is 1. The molecule has 6 heteroatoms. The number of rotatable bonds is 4. The van der Waals surface area contributed by atoms with Crippen LogP contribution in [-0.2, 0) is 11.8 Å². The molecule has 29 heavy (non-hydrogen) atoms. The lowest BCUT2D eigenvalue weighted by molar-refractivity contribution is -0.00447. The average molecular weight is 412 g/mol. The predicted molar refractivity (Wildman–Crippen MR) is 112 cm³/mol. The molecule has 0 fully saturated rings. The van der Waals surface area contributed by atoms with Crippen LogP contribution in [-0.4, -0.2) is 23.4 Å². The number of hydrogen-bond donors (Lipinski definition) is 1. The van der Waals surface area contributed by atoms with E-state index in [1.807, 2.05) is 48.7 Å². The minimum atomic E-state index is -0.428. The lowest BCUT2D eigenvalue weighted by Crippen LogP contribution is -2.19. The lowest BCUT2D eigenvalue weighted by atomic mass is 9.91. The average Bonchev–Trinajstić information content (AvgIpc) is 2.84. The summed E-state index contributed by atoms with van der Waals surface area (Å²) in [5.74, 6) is 0.721. The summed E-state index contributed by atoms with van der Waals surface area (Å²) in [6.45, 7) is -0.0493. The number of ether oxygens (including phenoxy) is 2. The highest BCUT2D eigenvalue weighted by Crippen LogP contribution is 2.45. The first kappa shape index (κ1) is 19.7. The maximum Gasteiger partial charge on any atom is 0.250 e. The van der Waals surface area contributed by atoms with Gasteiger partial charge in [0.15, 0.2) is 0 Å². The first-order chi connectivity index (χ1) is 14.0. The fourth-order valence-corrected chi connectivity index (χ4v) is 3.94. The fourth-order valence-electron chi connectivity index (χ4n) is 3.81. The monoisotopic (exact) mass is 411 g/mol. The van der Waals surface area contributed by atoms with Crippen LogP contribution in [0.3, 0.4) is 0 Å². The number of halogens is 1. The molecule has 2 aromatic carbocycles. The highest BCUT2D eigenvalue weighted by molar-refractivity contribution is 6.30. The van der Waals surface area contributed by atoms with Crippen molar-refractivity contribution in [3.63, 3.8) is 0 Å². The van der Waals surface area contributed by atoms with Crippen molar-refractivity contribution in [2.45, 2.75) is 18.6 Å². The van der Waals surface area contributed by atoms with E-state index in [4.69, 9.17) is 21.1 Å². The van der Waals surface area contributed by atoms with Crippen LogP contribution in [0.15, 0.2) is 59.5 Å². The van der Waals surface area contributed by atoms with E-state index >= 15 is 0 Å². The molecule has 1 aliphatic rings. The third kappa shape index (κ3) is 3.69. The number of nitrogens with zero attached hydrogens (tertiary/aromatic N) is 1. The van der Waals surface area contributed by atoms with Gasteiger partial charge in [-0.1, -0.05) is 29.8 Å². The molecule has 1 N–H and O–H groups in total. The molecule has 2 heterocycles. The van der Waals surface area contributed by atoms with E-state index in [0.29, 0.717) is 11.4 Å². The molecule has 0 spiro atoms. The van der Waals surface area contributed by atoms with Crippen molar-refractivity contribution in [1.82, 2.24) is 4.57 Å². The second-order valence-corrected chi connectivity index (χ2v) is 7.55. The van der Waals surface area contributed by atoms with Gasteiger partial charge in [0.25, 0.3) is 5.56 Å². The number of pyridine rings is 1. The molecule has 0 bridgehead atoms. The summed E-state index contributed by atoms with van der Waals surface area (Å²) in [6, 6.07) is 15.0. The first-order valence-corrected chi connectivity index (χ1v) is 9.80. The van der Waals surface area contributed by atoms with Crippen LogP contribution in [0.5, 0.6) is 5.75 Å². The van der Waals surface area contributed by atoms with Crippen molar-refractivity contribution in [3.8, 4) is 16.9 Å². The van der Waals surface area contributed by atoms with E-state index in [1.165, 1.54) is 0 Å². The Labute approximate surface area is 174 Å². The third-order valence-corrected chi connectivity index (χ3v) is 5.55. The Morgan fingerprint density at radius 1 is 1.10 bits per heavy atom. The van der Waals surface area contributed by atoms with Crippen LogP contribution < -0.4 is 10.3 Å². The number of aromatic nitrogens is 1. The van der Waals surface area contributed by atoms with E-state index in [9.17, 15) is 9.90 Å². The molecule has 0 saturated carbocycles. The van der Waals surface area contributed by atoms with Gasteiger partial charge in [0.2, 0.25) is 0 Å². The zero-order valence-corrected chi connectivity index (χ0v) is 17.0. The van der Waals surface area contributed by atoms with Gasteiger partial charge in [-0.15, -0.1) is 0 Å². The van der Waals surface area contributed by atoms with Gasteiger partial charge in [-0.05, 0) is 46.5 Å². The Morgan fingerprint density at radius 3 is 2.55 bits per heavy atom. The van der Waals surface area contributed by atoms with Crippen molar-refractivity contribution in [2.24, 2.45) is 7.05 Å². The van der Waals surface area contributed by atoms with Crippen LogP contribution in [0.4, 0.5) is 0 Å². The van der Waals surface area contributed by atoms with Gasteiger partial charge in [-0.25, -0.2) is 0 Å². The molecule has 2 unspecified atom stereocenters. The molecule has 3 aromatic rings. The molecule has 5 nitrogen and oxygen atoms in total. The van der Waals surface area contributed by atoms with Gasteiger partial charge in [0, 0.05) is 42.9 Å². The van der Waals surface area contributed by atoms with Crippen molar-refractivity contribution in [1.29, 1.82) is 0 Å². The number of benzene rings is 2. The zero-order valence-electron chi connectivity index (χ0n) is 16.3. The summed E-state index contributed by atoms with van der Waals surface area (Å²) in [7, 11) is 3.36. The molecule has 0 amide bonds. The summed E-state index contributed by atoms with van der Waals surface area (Å²) < 4.78 is 13.5. The fraction of sp³-hybridized carbons (Fsp3) is 0.261. The number of methoxy groups -OCH3 is 1. The van der Waals surface area contributed by atoms with Crippen LogP contribution in [0.2, 0.25) is 5.02 Å². The standard InChI is InChI=1S/C23H22ClNO4/c1-25-13-20-17-8-7-16(28-2)11-19(17)23(14-3-5-15(24)6-4-14)29-21(9-10-26)18(20)12-22(25)27/h3-8,11-13,21,23,26H,9-10H2,1-2H3. The Morgan fingerprint density at radius 2 is 1.86 bits per heavy atom. The maximum absolute atomic E-state index is 12.4. The molecule has 0 saturated heterocycles. The largest absolute Gasteiger partial charge is 0.497 e. The first-order valence-electron chi connectivity index (χ1n) is 9.42. The van der Waals surface area contributed by atoms with E-state index in [2.05, 4.69) is 0 Å². The van der Waals surface area contributed by atoms with Gasteiger partial charge >= 0.3 is 0 Å². The van der Waals surface area contributed by atoms with E-state index in [0.717, 1.165) is 33.6 Å². The third-order valence-electron chi connectivity index (χ3n) is 5.30. The molecule has 2 atom stereocenters. The summed E-state index contributed by atoms with van der Waals surface area (Å²) in [5.41, 5.74) is 4.43. The van der Waals surface area contributed by atoms with Gasteiger partial charge in [0.05, 0.1) is 13.2 Å². The topological polar surface area (TPSA) is 60.7 Å². The summed E-state index contributed by atoms with van der Waals surface area (Å²) >= 11 is 6.09. The summed E-state index contributed by atoms with van der Waals surface area (Å²) in [5, 5.41) is 10.3. The highest BCUT2D eigenvalue weighted by atomic mass is 35.5. The highest BCUT2D eigenvalue weighted by Gasteiger charge is 2.31. The molecule has 1 aromatic heterocycles. The Balaban J connectivity index is 1.99. The maximum atomic E-state index is 12.4. The number of fused-ring (bicyclic) bond motifs is 3. The minimum Gasteiger partial charge on any atom is -0.497 e. The van der Waals surface area contributed by atoms with Crippen LogP contribution in [0.25, 0.3) is 11.1 Å². The second-order valence-electron chi connectivity index (χ2n) is 7.11. The smallest absolute Gasteiger partial charge is 0.250 e. The minimum absolute atomic E-state index is 0.0493. The number of aryl methyl sites for hydroxylation is 1. The lowest BCUT2D eigenvalue weighted by Gasteiger charge is -2.24. The number of aliphatic hydroxyl groups excluding tert-OH is 1. The molecule has 4 rings (SSSR count). The Hall–Kier alpha value is -2.60. The Bertz CT molecular complexity index is 1090. The van der Waals surface area contributed by atoms with Crippen LogP contribution >= 0.6 is 11.6 Å². The molecular formula is C23H22ClNO4. The van der Waals surface area contributed by atoms with Gasteiger partial charge < -0.3 is 19.1 Å². The molecule has 150 valence electrons. The molecule has 0 aliphatic carbocycles. The van der Waals surface area contributed by atoms with E-state index in [1.54, 1.807) is 24.8 Å². The molecule has 0 radical (unpaired) electrons. The summed E-state index contributed by atoms with van der Waals surface area (Å²) in [6.07, 6.45) is 1.39. The Kier molecular flexibility index (Phi) is 5.46. The number of hydrogen-bond acceptors (Lipinski definition) is 4. The van der Waals surface area contributed by atoms with E-state index < -0.39 is 12.2 Å². The second kappa shape index (κ2) is 8.03. The van der Waals surface area contributed by atoms with Crippen molar-refractivity contribution in [2.75, 3.05) is 13.7 Å². The molecular weight excluding hydrogens is 390 g/mol. The van der Waals surface area contributed by atoms with Gasteiger partial charge in [-0.2, -0.15) is 0 Å². The quantitative estimate of drug-likeness (QED) is 0.697. The van der Waals surface area contributed by atoms with Gasteiger partial charge in [-0.3, -0.25) is 4.79 Å². The van der Waals surface area contributed by atoms with Crippen LogP contribution in [0.1, 0.15) is 35.3 Å². The predicted octanol–water partition coefficient (Wildman–Crippen LogP) is 4.26. The SMILES string of the molecule is COc1ccc2c(c1)C(c1ccc(Cl)cc1)OC(CCO)c1cc(=O)n(C)cc1-2. The van der Waals surface area contributed by atoms with Gasteiger partial charge in [0.1, 0.15) is 11.9 Å². The molecule has 1 aliphatic heterocycles. The van der Waals surface area contributed by atoms with Crippen molar-refractivity contribution in [3.05, 3.63) is 86.8 Å². The van der Waals surface area contributed by atoms with Crippen LogP contribution in [0, 0.1) is 0 Å². The van der Waals surface area contributed by atoms with E-state index in [-0.39, 0.29) is 12.2 Å².